The molecule has 0 bridgehead atoms. The monoisotopic (exact) mass is 285 g/mol. The fourth-order valence-corrected chi connectivity index (χ4v) is 3.46. The predicted molar refractivity (Wildman–Crippen MR) is 92.7 cm³/mol. The highest BCUT2D eigenvalue weighted by atomic mass is 14.9. The van der Waals surface area contributed by atoms with Gasteiger partial charge in [-0.2, -0.15) is 0 Å². The predicted octanol–water partition coefficient (Wildman–Crippen LogP) is 5.22. The van der Waals surface area contributed by atoms with Gasteiger partial charge in [-0.3, -0.25) is 0 Å². The summed E-state index contributed by atoms with van der Waals surface area (Å²) in [7, 11) is 0. The summed E-state index contributed by atoms with van der Waals surface area (Å²) in [5.74, 6) is 0. The van der Waals surface area contributed by atoms with E-state index in [1.54, 1.807) is 5.57 Å². The van der Waals surface area contributed by atoms with E-state index in [0.717, 1.165) is 6.54 Å². The van der Waals surface area contributed by atoms with Crippen LogP contribution in [0.3, 0.4) is 0 Å². The van der Waals surface area contributed by atoms with E-state index in [1.807, 2.05) is 0 Å². The minimum Gasteiger partial charge on any atom is -0.314 e. The van der Waals surface area contributed by atoms with Crippen LogP contribution in [0.25, 0.3) is 0 Å². The first kappa shape index (κ1) is 16.3. The van der Waals surface area contributed by atoms with Crippen molar-refractivity contribution in [2.75, 3.05) is 6.54 Å². The topological polar surface area (TPSA) is 12.0 Å². The summed E-state index contributed by atoms with van der Waals surface area (Å²) in [5, 5.41) is 3.71. The molecule has 1 atom stereocenters. The number of hydrogen-bond donors (Lipinski definition) is 1. The summed E-state index contributed by atoms with van der Waals surface area (Å²) in [6, 6.07) is 11.4. The summed E-state index contributed by atoms with van der Waals surface area (Å²) in [6.07, 6.45) is 10.3. The number of allylic oxidation sites excluding steroid dienone is 1. The van der Waals surface area contributed by atoms with Crippen LogP contribution in [0.2, 0.25) is 0 Å². The maximum absolute atomic E-state index is 3.71. The van der Waals surface area contributed by atoms with Crippen molar-refractivity contribution in [3.05, 3.63) is 47.5 Å². The zero-order valence-corrected chi connectivity index (χ0v) is 14.0. The smallest absolute Gasteiger partial charge is 0.00471 e. The second-order valence-electron chi connectivity index (χ2n) is 7.17. The Labute approximate surface area is 130 Å². The Balaban J connectivity index is 1.76. The quantitative estimate of drug-likeness (QED) is 0.677. The molecule has 0 heterocycles. The van der Waals surface area contributed by atoms with Gasteiger partial charge in [0.15, 0.2) is 0 Å². The molecule has 0 radical (unpaired) electrons. The van der Waals surface area contributed by atoms with E-state index in [4.69, 9.17) is 0 Å². The Morgan fingerprint density at radius 1 is 1.14 bits per heavy atom. The average molecular weight is 285 g/mol. The standard InChI is InChI=1S/C20H31N/c1-17(21-15-14-18-10-6-4-7-11-18)16-20(2,3)19-12-8-5-9-13-19/h5,8-10,12-13,17,21H,4,6-7,11,14-16H2,1-3H3. The maximum atomic E-state index is 3.71. The van der Waals surface area contributed by atoms with Crippen LogP contribution in [0.15, 0.2) is 42.0 Å². The lowest BCUT2D eigenvalue weighted by atomic mass is 9.79. The SMILES string of the molecule is CC(CC(C)(C)c1ccccc1)NCCC1=CCCCC1. The number of benzene rings is 1. The lowest BCUT2D eigenvalue weighted by Gasteiger charge is -2.29. The molecule has 0 spiro atoms. The highest BCUT2D eigenvalue weighted by molar-refractivity contribution is 5.23. The van der Waals surface area contributed by atoms with Gasteiger partial charge in [0.1, 0.15) is 0 Å². The van der Waals surface area contributed by atoms with Gasteiger partial charge in [-0.25, -0.2) is 0 Å². The fourth-order valence-electron chi connectivity index (χ4n) is 3.46. The van der Waals surface area contributed by atoms with Crippen molar-refractivity contribution in [1.29, 1.82) is 0 Å². The molecule has 0 saturated carbocycles. The van der Waals surface area contributed by atoms with E-state index in [0.29, 0.717) is 6.04 Å². The van der Waals surface area contributed by atoms with E-state index in [9.17, 15) is 0 Å². The van der Waals surface area contributed by atoms with Crippen LogP contribution < -0.4 is 5.32 Å². The molecule has 0 amide bonds. The van der Waals surface area contributed by atoms with Gasteiger partial charge < -0.3 is 5.32 Å². The molecule has 1 aromatic rings. The van der Waals surface area contributed by atoms with Gasteiger partial charge in [0.05, 0.1) is 0 Å². The fraction of sp³-hybridized carbons (Fsp3) is 0.600. The van der Waals surface area contributed by atoms with E-state index >= 15 is 0 Å². The second-order valence-corrected chi connectivity index (χ2v) is 7.17. The van der Waals surface area contributed by atoms with Gasteiger partial charge in [0, 0.05) is 6.04 Å². The van der Waals surface area contributed by atoms with Crippen LogP contribution in [0, 0.1) is 0 Å². The molecule has 1 aliphatic rings. The maximum Gasteiger partial charge on any atom is 0.00471 e. The molecule has 0 aromatic heterocycles. The third-order valence-corrected chi connectivity index (χ3v) is 4.70. The summed E-state index contributed by atoms with van der Waals surface area (Å²) >= 11 is 0. The van der Waals surface area contributed by atoms with Gasteiger partial charge in [0.2, 0.25) is 0 Å². The molecular formula is C20H31N. The largest absolute Gasteiger partial charge is 0.314 e. The van der Waals surface area contributed by atoms with Crippen molar-refractivity contribution >= 4 is 0 Å². The van der Waals surface area contributed by atoms with Crippen LogP contribution in [0.4, 0.5) is 0 Å². The Kier molecular flexibility index (Phi) is 6.05. The summed E-state index contributed by atoms with van der Waals surface area (Å²) < 4.78 is 0. The van der Waals surface area contributed by atoms with E-state index < -0.39 is 0 Å². The molecule has 0 saturated heterocycles. The number of rotatable bonds is 7. The highest BCUT2D eigenvalue weighted by Gasteiger charge is 2.22. The van der Waals surface area contributed by atoms with Gasteiger partial charge >= 0.3 is 0 Å². The third-order valence-electron chi connectivity index (χ3n) is 4.70. The van der Waals surface area contributed by atoms with E-state index in [2.05, 4.69) is 62.5 Å². The van der Waals surface area contributed by atoms with Crippen molar-refractivity contribution in [2.45, 2.75) is 70.8 Å². The van der Waals surface area contributed by atoms with Crippen LogP contribution in [-0.2, 0) is 5.41 Å². The first-order valence-corrected chi connectivity index (χ1v) is 8.55. The van der Waals surface area contributed by atoms with Gasteiger partial charge in [0.25, 0.3) is 0 Å². The van der Waals surface area contributed by atoms with Crippen molar-refractivity contribution in [3.63, 3.8) is 0 Å². The lowest BCUT2D eigenvalue weighted by molar-refractivity contribution is 0.390. The zero-order chi connectivity index (χ0) is 15.1. The Morgan fingerprint density at radius 2 is 1.90 bits per heavy atom. The Morgan fingerprint density at radius 3 is 2.57 bits per heavy atom. The van der Waals surface area contributed by atoms with Gasteiger partial charge in [-0.05, 0) is 63.0 Å². The van der Waals surface area contributed by atoms with Crippen LogP contribution in [0.1, 0.15) is 64.9 Å². The molecular weight excluding hydrogens is 254 g/mol. The van der Waals surface area contributed by atoms with Crippen LogP contribution in [-0.4, -0.2) is 12.6 Å². The third kappa shape index (κ3) is 5.32. The Hall–Kier alpha value is -1.08. The molecule has 1 aromatic carbocycles. The molecule has 1 heteroatoms. The lowest BCUT2D eigenvalue weighted by Crippen LogP contribution is -2.34. The van der Waals surface area contributed by atoms with Crippen molar-refractivity contribution in [3.8, 4) is 0 Å². The molecule has 0 aliphatic heterocycles. The minimum absolute atomic E-state index is 0.234. The Bertz CT molecular complexity index is 444. The molecule has 21 heavy (non-hydrogen) atoms. The molecule has 0 fully saturated rings. The van der Waals surface area contributed by atoms with Crippen molar-refractivity contribution in [2.24, 2.45) is 0 Å². The molecule has 2 rings (SSSR count). The average Bonchev–Trinajstić information content (AvgIpc) is 2.49. The van der Waals surface area contributed by atoms with Gasteiger partial charge in [-0.15, -0.1) is 0 Å². The summed E-state index contributed by atoms with van der Waals surface area (Å²) in [4.78, 5) is 0. The van der Waals surface area contributed by atoms with E-state index in [-0.39, 0.29) is 5.41 Å². The molecule has 1 N–H and O–H groups in total. The molecule has 1 aliphatic carbocycles. The second kappa shape index (κ2) is 7.79. The number of hydrogen-bond acceptors (Lipinski definition) is 1. The molecule has 1 unspecified atom stereocenters. The van der Waals surface area contributed by atoms with Crippen LogP contribution >= 0.6 is 0 Å². The van der Waals surface area contributed by atoms with Crippen molar-refractivity contribution < 1.29 is 0 Å². The van der Waals surface area contributed by atoms with E-state index in [1.165, 1.54) is 44.1 Å². The van der Waals surface area contributed by atoms with Gasteiger partial charge in [-0.1, -0.05) is 55.8 Å². The van der Waals surface area contributed by atoms with Crippen LogP contribution in [0.5, 0.6) is 0 Å². The first-order valence-electron chi connectivity index (χ1n) is 8.55. The number of nitrogens with one attached hydrogen (secondary N) is 1. The summed E-state index contributed by atoms with van der Waals surface area (Å²) in [6.45, 7) is 8.15. The molecule has 1 nitrogen and oxygen atoms in total. The summed E-state index contributed by atoms with van der Waals surface area (Å²) in [5.41, 5.74) is 3.34. The normalized spacial score (nSPS) is 17.4. The zero-order valence-electron chi connectivity index (χ0n) is 14.0. The molecule has 116 valence electrons. The highest BCUT2D eigenvalue weighted by Crippen LogP contribution is 2.28. The minimum atomic E-state index is 0.234. The van der Waals surface area contributed by atoms with Crippen molar-refractivity contribution in [1.82, 2.24) is 5.32 Å². The first-order chi connectivity index (χ1) is 10.1.